The summed E-state index contributed by atoms with van der Waals surface area (Å²) in [4.78, 5) is 31.0. The highest BCUT2D eigenvalue weighted by Crippen LogP contribution is 2.34. The topological polar surface area (TPSA) is 61.9 Å². The summed E-state index contributed by atoms with van der Waals surface area (Å²) in [5.41, 5.74) is 1.16. The molecule has 2 atom stereocenters. The van der Waals surface area contributed by atoms with Gasteiger partial charge in [0.1, 0.15) is 18.9 Å². The van der Waals surface area contributed by atoms with Crippen LogP contribution in [0.25, 0.3) is 0 Å². The summed E-state index contributed by atoms with van der Waals surface area (Å²) in [5, 5.41) is 5.00. The molecular formula is C24H33N3O3S. The molecule has 0 saturated heterocycles. The molecule has 2 heterocycles. The second kappa shape index (κ2) is 11.2. The van der Waals surface area contributed by atoms with Gasteiger partial charge in [0, 0.05) is 24.0 Å². The fourth-order valence-electron chi connectivity index (χ4n) is 3.78. The zero-order valence-corrected chi connectivity index (χ0v) is 19.5. The molecular weight excluding hydrogens is 410 g/mol. The van der Waals surface area contributed by atoms with Crippen molar-refractivity contribution in [1.82, 2.24) is 15.1 Å². The van der Waals surface area contributed by atoms with Gasteiger partial charge in [-0.05, 0) is 55.3 Å². The average Bonchev–Trinajstić information content (AvgIpc) is 3.28. The number of benzene rings is 1. The summed E-state index contributed by atoms with van der Waals surface area (Å²) >= 11 is 1.73. The first kappa shape index (κ1) is 23.1. The third-order valence-corrected chi connectivity index (χ3v) is 6.78. The second-order valence-electron chi connectivity index (χ2n) is 7.89. The maximum absolute atomic E-state index is 13.4. The molecule has 168 valence electrons. The van der Waals surface area contributed by atoms with Gasteiger partial charge in [0.25, 0.3) is 0 Å². The predicted molar refractivity (Wildman–Crippen MR) is 125 cm³/mol. The number of carbonyl (C=O) groups excluding carboxylic acids is 2. The Balaban J connectivity index is 1.75. The molecule has 31 heavy (non-hydrogen) atoms. The molecule has 7 heteroatoms. The molecule has 0 unspecified atom stereocenters. The molecule has 1 aliphatic rings. The third kappa shape index (κ3) is 5.79. The Morgan fingerprint density at radius 2 is 2.03 bits per heavy atom. The third-order valence-electron chi connectivity index (χ3n) is 5.78. The quantitative estimate of drug-likeness (QED) is 0.622. The first-order chi connectivity index (χ1) is 15.0. The van der Waals surface area contributed by atoms with Gasteiger partial charge in [-0.15, -0.1) is 11.3 Å². The van der Waals surface area contributed by atoms with E-state index in [0.717, 1.165) is 30.6 Å². The molecule has 1 N–H and O–H groups in total. The lowest BCUT2D eigenvalue weighted by molar-refractivity contribution is -0.135. The zero-order chi connectivity index (χ0) is 22.2. The minimum Gasteiger partial charge on any atom is -0.491 e. The van der Waals surface area contributed by atoms with E-state index in [1.165, 1.54) is 4.88 Å². The molecule has 0 saturated carbocycles. The highest BCUT2D eigenvalue weighted by atomic mass is 32.1. The van der Waals surface area contributed by atoms with Crippen molar-refractivity contribution >= 4 is 23.3 Å². The second-order valence-corrected chi connectivity index (χ2v) is 8.89. The van der Waals surface area contributed by atoms with E-state index in [4.69, 9.17) is 4.74 Å². The van der Waals surface area contributed by atoms with E-state index in [-0.39, 0.29) is 30.6 Å². The molecule has 1 aromatic carbocycles. The molecule has 1 aromatic heterocycles. The van der Waals surface area contributed by atoms with Crippen molar-refractivity contribution in [2.45, 2.75) is 52.1 Å². The molecule has 0 radical (unpaired) electrons. The molecule has 3 rings (SSSR count). The minimum absolute atomic E-state index is 0.0127. The van der Waals surface area contributed by atoms with Crippen LogP contribution in [-0.2, 0) is 11.2 Å². The van der Waals surface area contributed by atoms with Crippen LogP contribution in [0.5, 0.6) is 5.75 Å². The van der Waals surface area contributed by atoms with Gasteiger partial charge in [0.2, 0.25) is 5.91 Å². The average molecular weight is 444 g/mol. The Morgan fingerprint density at radius 1 is 1.26 bits per heavy atom. The Kier molecular flexibility index (Phi) is 8.35. The number of ether oxygens (including phenoxy) is 1. The Hall–Kier alpha value is -2.54. The first-order valence-corrected chi connectivity index (χ1v) is 12.0. The monoisotopic (exact) mass is 443 g/mol. The van der Waals surface area contributed by atoms with E-state index < -0.39 is 0 Å². The van der Waals surface area contributed by atoms with E-state index in [0.29, 0.717) is 19.7 Å². The van der Waals surface area contributed by atoms with Gasteiger partial charge >= 0.3 is 6.03 Å². The number of hydrogen-bond donors (Lipinski definition) is 1. The molecule has 2 aromatic rings. The van der Waals surface area contributed by atoms with Crippen molar-refractivity contribution in [3.05, 3.63) is 52.2 Å². The van der Waals surface area contributed by atoms with Crippen LogP contribution in [0.15, 0.2) is 41.8 Å². The van der Waals surface area contributed by atoms with Crippen LogP contribution < -0.4 is 10.1 Å². The van der Waals surface area contributed by atoms with Gasteiger partial charge in [-0.2, -0.15) is 0 Å². The lowest BCUT2D eigenvalue weighted by Gasteiger charge is -2.38. The zero-order valence-electron chi connectivity index (χ0n) is 18.7. The van der Waals surface area contributed by atoms with E-state index in [1.807, 2.05) is 56.0 Å². The van der Waals surface area contributed by atoms with Crippen LogP contribution in [0.3, 0.4) is 0 Å². The number of amides is 3. The molecule has 6 nitrogen and oxygen atoms in total. The lowest BCUT2D eigenvalue weighted by Crippen LogP contribution is -2.52. The standard InChI is InChI=1S/C24H33N3O3S/c1-4-13-25-24(29)27(18(3)5-2)16-23(28)26-14-11-22-20(12-15-31-22)21(26)17-30-19-9-7-6-8-10-19/h6-10,12,15,18,21H,4-5,11,13-14,16-17H2,1-3H3,(H,25,29)/t18-,21+/m0/s1. The smallest absolute Gasteiger partial charge is 0.318 e. The summed E-state index contributed by atoms with van der Waals surface area (Å²) in [5.74, 6) is 0.753. The highest BCUT2D eigenvalue weighted by molar-refractivity contribution is 7.10. The largest absolute Gasteiger partial charge is 0.491 e. The van der Waals surface area contributed by atoms with Gasteiger partial charge in [-0.3, -0.25) is 4.79 Å². The Morgan fingerprint density at radius 3 is 2.74 bits per heavy atom. The number of nitrogens with zero attached hydrogens (tertiary/aromatic N) is 2. The van der Waals surface area contributed by atoms with Crippen molar-refractivity contribution in [2.75, 3.05) is 26.2 Å². The van der Waals surface area contributed by atoms with Crippen LogP contribution in [0, 0.1) is 0 Å². The number of carbonyl (C=O) groups is 2. The summed E-state index contributed by atoms with van der Waals surface area (Å²) in [6.07, 6.45) is 2.49. The highest BCUT2D eigenvalue weighted by Gasteiger charge is 2.34. The van der Waals surface area contributed by atoms with E-state index in [1.54, 1.807) is 16.2 Å². The van der Waals surface area contributed by atoms with Crippen molar-refractivity contribution < 1.29 is 14.3 Å². The number of thiophene rings is 1. The van der Waals surface area contributed by atoms with Gasteiger partial charge in [0.15, 0.2) is 0 Å². The number of fused-ring (bicyclic) bond motifs is 1. The fourth-order valence-corrected chi connectivity index (χ4v) is 4.71. The number of nitrogens with one attached hydrogen (secondary N) is 1. The molecule has 0 fully saturated rings. The summed E-state index contributed by atoms with van der Waals surface area (Å²) < 4.78 is 6.04. The van der Waals surface area contributed by atoms with Crippen LogP contribution >= 0.6 is 11.3 Å². The maximum Gasteiger partial charge on any atom is 0.318 e. The van der Waals surface area contributed by atoms with Crippen molar-refractivity contribution in [1.29, 1.82) is 0 Å². The maximum atomic E-state index is 13.4. The fraction of sp³-hybridized carbons (Fsp3) is 0.500. The van der Waals surface area contributed by atoms with Gasteiger partial charge < -0.3 is 19.9 Å². The predicted octanol–water partition coefficient (Wildman–Crippen LogP) is 4.47. The van der Waals surface area contributed by atoms with E-state index >= 15 is 0 Å². The molecule has 1 aliphatic heterocycles. The van der Waals surface area contributed by atoms with Crippen molar-refractivity contribution in [3.63, 3.8) is 0 Å². The molecule has 0 aliphatic carbocycles. The Labute approximate surface area is 189 Å². The van der Waals surface area contributed by atoms with Crippen LogP contribution in [0.2, 0.25) is 0 Å². The van der Waals surface area contributed by atoms with E-state index in [2.05, 4.69) is 16.8 Å². The summed E-state index contributed by atoms with van der Waals surface area (Å²) in [6.45, 7) is 7.75. The number of hydrogen-bond acceptors (Lipinski definition) is 4. The van der Waals surface area contributed by atoms with Crippen molar-refractivity contribution in [2.24, 2.45) is 0 Å². The lowest BCUT2D eigenvalue weighted by atomic mass is 10.00. The molecule has 3 amide bonds. The van der Waals surface area contributed by atoms with Gasteiger partial charge in [-0.1, -0.05) is 32.0 Å². The van der Waals surface area contributed by atoms with Crippen molar-refractivity contribution in [3.8, 4) is 5.75 Å². The first-order valence-electron chi connectivity index (χ1n) is 11.1. The number of urea groups is 1. The van der Waals surface area contributed by atoms with Gasteiger partial charge in [0.05, 0.1) is 6.04 Å². The van der Waals surface area contributed by atoms with Crippen LogP contribution in [-0.4, -0.2) is 54.0 Å². The molecule has 0 spiro atoms. The number of para-hydroxylation sites is 1. The van der Waals surface area contributed by atoms with E-state index in [9.17, 15) is 9.59 Å². The normalized spacial score (nSPS) is 16.4. The SMILES string of the molecule is CCCNC(=O)N(CC(=O)N1CCc2sccc2[C@H]1COc1ccccc1)[C@@H](C)CC. The summed E-state index contributed by atoms with van der Waals surface area (Å²) in [6, 6.07) is 11.4. The number of rotatable bonds is 9. The molecule has 0 bridgehead atoms. The van der Waals surface area contributed by atoms with Gasteiger partial charge in [-0.25, -0.2) is 4.79 Å². The van der Waals surface area contributed by atoms with Crippen LogP contribution in [0.4, 0.5) is 4.79 Å². The Bertz CT molecular complexity index is 855. The van der Waals surface area contributed by atoms with Crippen LogP contribution in [0.1, 0.15) is 50.1 Å². The summed E-state index contributed by atoms with van der Waals surface area (Å²) in [7, 11) is 0. The minimum atomic E-state index is -0.171.